The number of benzene rings is 1. The number of allylic oxidation sites excluding steroid dienone is 2. The van der Waals surface area contributed by atoms with Gasteiger partial charge in [-0.25, -0.2) is 4.79 Å². The Labute approximate surface area is 139 Å². The lowest BCUT2D eigenvalue weighted by atomic mass is 9.53. The van der Waals surface area contributed by atoms with Crippen LogP contribution in [-0.4, -0.2) is 26.2 Å². The molecule has 1 heterocycles. The van der Waals surface area contributed by atoms with Crippen molar-refractivity contribution >= 4 is 11.5 Å². The van der Waals surface area contributed by atoms with Gasteiger partial charge in [0.1, 0.15) is 0 Å². The predicted octanol–water partition coefficient (Wildman–Crippen LogP) is 3.90. The molecule has 3 nitrogen and oxygen atoms in total. The third kappa shape index (κ3) is 2.72. The average Bonchev–Trinajstić information content (AvgIpc) is 2.54. The summed E-state index contributed by atoms with van der Waals surface area (Å²) in [5.74, 6) is 0.399. The molecule has 1 aliphatic heterocycles. The summed E-state index contributed by atoms with van der Waals surface area (Å²) in [5, 5.41) is 3.56. The van der Waals surface area contributed by atoms with E-state index in [1.54, 1.807) is 0 Å². The minimum Gasteiger partial charge on any atom is -0.465 e. The van der Waals surface area contributed by atoms with Gasteiger partial charge in [0.25, 0.3) is 0 Å². The molecular formula is C20H27NO2. The van der Waals surface area contributed by atoms with Crippen LogP contribution >= 0.6 is 0 Å². The Balaban J connectivity index is 1.94. The third-order valence-corrected chi connectivity index (χ3v) is 5.93. The molecule has 1 fully saturated rings. The Morgan fingerprint density at radius 3 is 2.57 bits per heavy atom. The van der Waals surface area contributed by atoms with Gasteiger partial charge in [-0.1, -0.05) is 39.0 Å². The topological polar surface area (TPSA) is 38.3 Å². The van der Waals surface area contributed by atoms with Crippen molar-refractivity contribution in [1.82, 2.24) is 5.32 Å². The summed E-state index contributed by atoms with van der Waals surface area (Å²) in [5.41, 5.74) is 3.73. The van der Waals surface area contributed by atoms with Crippen molar-refractivity contribution in [3.8, 4) is 0 Å². The summed E-state index contributed by atoms with van der Waals surface area (Å²) in [6.07, 6.45) is 4.75. The molecule has 0 spiro atoms. The zero-order chi connectivity index (χ0) is 16.7. The number of carbonyl (C=O) groups excluding carboxylic acids is 1. The van der Waals surface area contributed by atoms with Crippen LogP contribution in [0.3, 0.4) is 0 Å². The van der Waals surface area contributed by atoms with Crippen LogP contribution < -0.4 is 5.32 Å². The molecule has 0 bridgehead atoms. The molecule has 1 aromatic rings. The maximum absolute atomic E-state index is 11.6. The Kier molecular flexibility index (Phi) is 4.09. The van der Waals surface area contributed by atoms with Crippen molar-refractivity contribution in [3.63, 3.8) is 0 Å². The van der Waals surface area contributed by atoms with Crippen LogP contribution in [0.25, 0.3) is 5.57 Å². The summed E-state index contributed by atoms with van der Waals surface area (Å²) in [6.45, 7) is 9.38. The van der Waals surface area contributed by atoms with Gasteiger partial charge in [-0.05, 0) is 59.4 Å². The summed E-state index contributed by atoms with van der Waals surface area (Å²) in [6, 6.07) is 7.86. The Morgan fingerprint density at radius 2 is 1.91 bits per heavy atom. The van der Waals surface area contributed by atoms with Gasteiger partial charge in [-0.2, -0.15) is 0 Å². The number of hydrogen-bond donors (Lipinski definition) is 1. The number of nitrogens with one attached hydrogen (secondary N) is 1. The molecule has 1 saturated heterocycles. The summed E-state index contributed by atoms with van der Waals surface area (Å²) in [4.78, 5) is 11.6. The highest BCUT2D eigenvalue weighted by Crippen LogP contribution is 2.56. The van der Waals surface area contributed by atoms with E-state index in [1.165, 1.54) is 24.7 Å². The number of carbonyl (C=O) groups is 1. The fourth-order valence-electron chi connectivity index (χ4n) is 4.72. The van der Waals surface area contributed by atoms with Crippen molar-refractivity contribution in [2.75, 3.05) is 20.2 Å². The van der Waals surface area contributed by atoms with Gasteiger partial charge in [-0.3, -0.25) is 0 Å². The summed E-state index contributed by atoms with van der Waals surface area (Å²) < 4.78 is 4.79. The smallest absolute Gasteiger partial charge is 0.337 e. The Bertz CT molecular complexity index is 630. The van der Waals surface area contributed by atoms with Crippen LogP contribution in [0.5, 0.6) is 0 Å². The molecule has 0 amide bonds. The van der Waals surface area contributed by atoms with Crippen molar-refractivity contribution in [3.05, 3.63) is 41.5 Å². The second-order valence-electron chi connectivity index (χ2n) is 7.78. The number of piperidine rings is 1. The third-order valence-electron chi connectivity index (χ3n) is 5.93. The van der Waals surface area contributed by atoms with Gasteiger partial charge in [-0.15, -0.1) is 0 Å². The van der Waals surface area contributed by atoms with E-state index >= 15 is 0 Å². The predicted molar refractivity (Wildman–Crippen MR) is 93.2 cm³/mol. The van der Waals surface area contributed by atoms with Gasteiger partial charge in [0.15, 0.2) is 0 Å². The zero-order valence-electron chi connectivity index (χ0n) is 14.6. The standard InChI is InChI=1S/C20H27NO2/c1-19(2)16(9-11-20(3)13-21-12-10-17(19)20)14-5-7-15(8-6-14)18(22)23-4/h5-9,17,21H,10-13H2,1-4H3/t17?,20-/m1/s1. The van der Waals surface area contributed by atoms with E-state index in [0.29, 0.717) is 16.9 Å². The molecule has 124 valence electrons. The second-order valence-corrected chi connectivity index (χ2v) is 7.78. The number of methoxy groups -OCH3 is 1. The Hall–Kier alpha value is -1.61. The van der Waals surface area contributed by atoms with Gasteiger partial charge < -0.3 is 10.1 Å². The monoisotopic (exact) mass is 313 g/mol. The molecule has 0 saturated carbocycles. The van der Waals surface area contributed by atoms with Crippen LogP contribution in [0, 0.1) is 16.7 Å². The van der Waals surface area contributed by atoms with E-state index < -0.39 is 0 Å². The fourth-order valence-corrected chi connectivity index (χ4v) is 4.72. The van der Waals surface area contributed by atoms with E-state index in [4.69, 9.17) is 4.74 Å². The first kappa shape index (κ1) is 16.3. The largest absolute Gasteiger partial charge is 0.465 e. The molecule has 1 aromatic carbocycles. The molecule has 23 heavy (non-hydrogen) atoms. The summed E-state index contributed by atoms with van der Waals surface area (Å²) >= 11 is 0. The van der Waals surface area contributed by atoms with E-state index in [-0.39, 0.29) is 11.4 Å². The highest BCUT2D eigenvalue weighted by molar-refractivity contribution is 5.89. The lowest BCUT2D eigenvalue weighted by molar-refractivity contribution is 0.0534. The first-order valence-corrected chi connectivity index (χ1v) is 8.48. The summed E-state index contributed by atoms with van der Waals surface area (Å²) in [7, 11) is 1.42. The zero-order valence-corrected chi connectivity index (χ0v) is 14.6. The fraction of sp³-hybridized carbons (Fsp3) is 0.550. The van der Waals surface area contributed by atoms with Crippen molar-refractivity contribution < 1.29 is 9.53 Å². The molecule has 3 heteroatoms. The molecule has 1 aliphatic carbocycles. The molecule has 1 N–H and O–H groups in total. The van der Waals surface area contributed by atoms with Crippen LogP contribution in [-0.2, 0) is 4.74 Å². The average molecular weight is 313 g/mol. The molecule has 2 aliphatic rings. The maximum Gasteiger partial charge on any atom is 0.337 e. The Morgan fingerprint density at radius 1 is 1.22 bits per heavy atom. The quantitative estimate of drug-likeness (QED) is 0.842. The molecule has 1 unspecified atom stereocenters. The van der Waals surface area contributed by atoms with Crippen LogP contribution in [0.2, 0.25) is 0 Å². The molecule has 2 atom stereocenters. The van der Waals surface area contributed by atoms with E-state index in [1.807, 2.05) is 12.1 Å². The van der Waals surface area contributed by atoms with E-state index in [2.05, 4.69) is 44.3 Å². The van der Waals surface area contributed by atoms with Crippen molar-refractivity contribution in [2.24, 2.45) is 16.7 Å². The van der Waals surface area contributed by atoms with E-state index in [9.17, 15) is 4.79 Å². The molecule has 0 aromatic heterocycles. The normalized spacial score (nSPS) is 29.4. The number of fused-ring (bicyclic) bond motifs is 1. The second kappa shape index (κ2) is 5.79. The SMILES string of the molecule is COC(=O)c1ccc(C2=CC[C@]3(C)CNCCC3C2(C)C)cc1. The van der Waals surface area contributed by atoms with Crippen LogP contribution in [0.4, 0.5) is 0 Å². The minimum absolute atomic E-state index is 0.141. The van der Waals surface area contributed by atoms with Gasteiger partial charge in [0, 0.05) is 6.54 Å². The number of hydrogen-bond acceptors (Lipinski definition) is 3. The van der Waals surface area contributed by atoms with E-state index in [0.717, 1.165) is 19.5 Å². The van der Waals surface area contributed by atoms with Gasteiger partial charge >= 0.3 is 5.97 Å². The molecular weight excluding hydrogens is 286 g/mol. The maximum atomic E-state index is 11.6. The molecule has 3 rings (SSSR count). The van der Waals surface area contributed by atoms with Crippen molar-refractivity contribution in [2.45, 2.75) is 33.6 Å². The van der Waals surface area contributed by atoms with Gasteiger partial charge in [0.2, 0.25) is 0 Å². The number of rotatable bonds is 2. The molecule has 0 radical (unpaired) electrons. The first-order chi connectivity index (χ1) is 10.9. The highest BCUT2D eigenvalue weighted by Gasteiger charge is 2.48. The highest BCUT2D eigenvalue weighted by atomic mass is 16.5. The lowest BCUT2D eigenvalue weighted by Gasteiger charge is -2.53. The minimum atomic E-state index is -0.278. The first-order valence-electron chi connectivity index (χ1n) is 8.48. The van der Waals surface area contributed by atoms with Crippen molar-refractivity contribution in [1.29, 1.82) is 0 Å². The number of esters is 1. The van der Waals surface area contributed by atoms with Crippen LogP contribution in [0.15, 0.2) is 30.3 Å². The number of ether oxygens (including phenoxy) is 1. The lowest BCUT2D eigenvalue weighted by Crippen LogP contribution is -2.52. The van der Waals surface area contributed by atoms with Gasteiger partial charge in [0.05, 0.1) is 12.7 Å². The van der Waals surface area contributed by atoms with Crippen LogP contribution in [0.1, 0.15) is 49.5 Å².